The molecule has 2 saturated heterocycles. The summed E-state index contributed by atoms with van der Waals surface area (Å²) in [4.78, 5) is 0. The number of ether oxygens (including phenoxy) is 3. The molecule has 0 unspecified atom stereocenters. The Morgan fingerprint density at radius 2 is 1.06 bits per heavy atom. The van der Waals surface area contributed by atoms with Gasteiger partial charge in [-0.1, -0.05) is 13.8 Å². The van der Waals surface area contributed by atoms with Gasteiger partial charge in [0.2, 0.25) is 0 Å². The van der Waals surface area contributed by atoms with E-state index < -0.39 is 5.79 Å². The molecule has 2 atom stereocenters. The van der Waals surface area contributed by atoms with E-state index in [2.05, 4.69) is 41.5 Å². The lowest BCUT2D eigenvalue weighted by atomic mass is 9.71. The normalized spacial score (nSPS) is 47.7. The van der Waals surface area contributed by atoms with E-state index in [1.165, 1.54) is 0 Å². The highest BCUT2D eigenvalue weighted by atomic mass is 16.8. The van der Waals surface area contributed by atoms with Crippen LogP contribution in [0.25, 0.3) is 0 Å². The van der Waals surface area contributed by atoms with Crippen LogP contribution in [0.5, 0.6) is 0 Å². The van der Waals surface area contributed by atoms with Gasteiger partial charge in [0.05, 0.1) is 24.4 Å². The Bertz CT molecular complexity index is 351. The molecule has 3 rings (SSSR count). The van der Waals surface area contributed by atoms with Crippen LogP contribution in [0.15, 0.2) is 0 Å². The maximum absolute atomic E-state index is 6.40. The third-order valence-electron chi connectivity index (χ3n) is 5.95. The molecule has 0 amide bonds. The Balaban J connectivity index is 1.94. The molecule has 3 aliphatic rings. The second-order valence-corrected chi connectivity index (χ2v) is 8.10. The predicted molar refractivity (Wildman–Crippen MR) is 69.3 cm³/mol. The van der Waals surface area contributed by atoms with E-state index in [0.29, 0.717) is 0 Å². The molecule has 0 aromatic rings. The molecule has 0 N–H and O–H groups in total. The Labute approximate surface area is 110 Å². The fourth-order valence-corrected chi connectivity index (χ4v) is 3.97. The maximum atomic E-state index is 6.40. The number of fused-ring (bicyclic) bond motifs is 1. The first-order valence-electron chi connectivity index (χ1n) is 7.02. The lowest BCUT2D eigenvalue weighted by Gasteiger charge is -2.30. The van der Waals surface area contributed by atoms with Gasteiger partial charge >= 0.3 is 0 Å². The fraction of sp³-hybridized carbons (Fsp3) is 1.00. The van der Waals surface area contributed by atoms with Crippen LogP contribution in [0.4, 0.5) is 0 Å². The second-order valence-electron chi connectivity index (χ2n) is 8.10. The van der Waals surface area contributed by atoms with E-state index in [1.807, 2.05) is 0 Å². The molecule has 18 heavy (non-hydrogen) atoms. The van der Waals surface area contributed by atoms with Gasteiger partial charge < -0.3 is 14.2 Å². The maximum Gasteiger partial charge on any atom is 0.171 e. The van der Waals surface area contributed by atoms with E-state index in [0.717, 1.165) is 26.1 Å². The first-order valence-corrected chi connectivity index (χ1v) is 7.02. The van der Waals surface area contributed by atoms with Crippen LogP contribution in [0, 0.1) is 10.8 Å². The number of hydrogen-bond acceptors (Lipinski definition) is 3. The van der Waals surface area contributed by atoms with Crippen LogP contribution in [-0.4, -0.2) is 30.2 Å². The second kappa shape index (κ2) is 3.13. The SMILES string of the molecule is CC1(C)OC2(C[C@]3(C)COC[C@]3(C)C2)OC1(C)C. The Morgan fingerprint density at radius 1 is 0.667 bits per heavy atom. The van der Waals surface area contributed by atoms with E-state index in [1.54, 1.807) is 0 Å². The predicted octanol–water partition coefficient (Wildman–Crippen LogP) is 3.12. The molecule has 0 bridgehead atoms. The quantitative estimate of drug-likeness (QED) is 0.664. The van der Waals surface area contributed by atoms with Gasteiger partial charge in [0.15, 0.2) is 5.79 Å². The zero-order chi connectivity index (χ0) is 13.4. The molecule has 0 aromatic heterocycles. The summed E-state index contributed by atoms with van der Waals surface area (Å²) >= 11 is 0. The Hall–Kier alpha value is -0.120. The van der Waals surface area contributed by atoms with Crippen molar-refractivity contribution in [2.45, 2.75) is 71.4 Å². The topological polar surface area (TPSA) is 27.7 Å². The summed E-state index contributed by atoms with van der Waals surface area (Å²) in [5.74, 6) is -0.402. The standard InChI is InChI=1S/C15H26O3/c1-11(2)12(3,4)18-15(17-11)7-13(5)9-16-10-14(13,6)8-15/h7-10H2,1-6H3/t13-,14+. The van der Waals surface area contributed by atoms with Gasteiger partial charge in [0.25, 0.3) is 0 Å². The molecular formula is C15H26O3. The van der Waals surface area contributed by atoms with E-state index >= 15 is 0 Å². The Morgan fingerprint density at radius 3 is 1.44 bits per heavy atom. The highest BCUT2D eigenvalue weighted by Gasteiger charge is 2.69. The summed E-state index contributed by atoms with van der Waals surface area (Å²) in [5, 5.41) is 0. The molecule has 3 nitrogen and oxygen atoms in total. The molecule has 1 spiro atoms. The zero-order valence-electron chi connectivity index (χ0n) is 12.6. The molecule has 2 aliphatic heterocycles. The van der Waals surface area contributed by atoms with E-state index in [9.17, 15) is 0 Å². The van der Waals surface area contributed by atoms with Crippen LogP contribution in [0.1, 0.15) is 54.4 Å². The fourth-order valence-electron chi connectivity index (χ4n) is 3.97. The third-order valence-corrected chi connectivity index (χ3v) is 5.95. The molecule has 3 fully saturated rings. The molecule has 0 radical (unpaired) electrons. The van der Waals surface area contributed by atoms with Crippen molar-refractivity contribution < 1.29 is 14.2 Å². The van der Waals surface area contributed by atoms with Gasteiger partial charge in [0.1, 0.15) is 0 Å². The van der Waals surface area contributed by atoms with Crippen molar-refractivity contribution in [1.29, 1.82) is 0 Å². The minimum absolute atomic E-state index is 0.184. The van der Waals surface area contributed by atoms with Crippen LogP contribution < -0.4 is 0 Å². The summed E-state index contributed by atoms with van der Waals surface area (Å²) < 4.78 is 18.5. The molecule has 1 aliphatic carbocycles. The molecule has 3 heteroatoms. The van der Waals surface area contributed by atoms with Crippen LogP contribution >= 0.6 is 0 Å². The number of hydrogen-bond donors (Lipinski definition) is 0. The van der Waals surface area contributed by atoms with Crippen molar-refractivity contribution in [2.75, 3.05) is 13.2 Å². The molecular weight excluding hydrogens is 228 g/mol. The summed E-state index contributed by atoms with van der Waals surface area (Å²) in [6.45, 7) is 14.8. The van der Waals surface area contributed by atoms with Crippen molar-refractivity contribution in [1.82, 2.24) is 0 Å². The van der Waals surface area contributed by atoms with Crippen LogP contribution in [-0.2, 0) is 14.2 Å². The highest BCUT2D eigenvalue weighted by molar-refractivity contribution is 5.12. The number of rotatable bonds is 0. The van der Waals surface area contributed by atoms with Crippen molar-refractivity contribution >= 4 is 0 Å². The summed E-state index contributed by atoms with van der Waals surface area (Å²) in [6.07, 6.45) is 1.90. The van der Waals surface area contributed by atoms with Crippen molar-refractivity contribution in [3.05, 3.63) is 0 Å². The van der Waals surface area contributed by atoms with E-state index in [4.69, 9.17) is 14.2 Å². The van der Waals surface area contributed by atoms with Gasteiger partial charge in [0, 0.05) is 23.7 Å². The third kappa shape index (κ3) is 1.41. The first kappa shape index (κ1) is 12.9. The smallest absolute Gasteiger partial charge is 0.171 e. The summed E-state index contributed by atoms with van der Waals surface area (Å²) in [7, 11) is 0. The molecule has 0 aromatic carbocycles. The molecule has 1 saturated carbocycles. The molecule has 104 valence electrons. The lowest BCUT2D eigenvalue weighted by molar-refractivity contribution is -0.197. The molecule has 2 heterocycles. The average Bonchev–Trinajstić information content (AvgIpc) is 2.53. The minimum atomic E-state index is -0.402. The minimum Gasteiger partial charge on any atom is -0.380 e. The average molecular weight is 254 g/mol. The van der Waals surface area contributed by atoms with Crippen molar-refractivity contribution in [2.24, 2.45) is 10.8 Å². The van der Waals surface area contributed by atoms with Crippen LogP contribution in [0.3, 0.4) is 0 Å². The van der Waals surface area contributed by atoms with E-state index in [-0.39, 0.29) is 22.0 Å². The largest absolute Gasteiger partial charge is 0.380 e. The van der Waals surface area contributed by atoms with Crippen molar-refractivity contribution in [3.8, 4) is 0 Å². The van der Waals surface area contributed by atoms with Gasteiger partial charge in [-0.3, -0.25) is 0 Å². The monoisotopic (exact) mass is 254 g/mol. The zero-order valence-corrected chi connectivity index (χ0v) is 12.6. The van der Waals surface area contributed by atoms with Gasteiger partial charge in [-0.2, -0.15) is 0 Å². The lowest BCUT2D eigenvalue weighted by Crippen LogP contribution is -2.41. The summed E-state index contributed by atoms with van der Waals surface area (Å²) in [6, 6.07) is 0. The van der Waals surface area contributed by atoms with Gasteiger partial charge in [-0.15, -0.1) is 0 Å². The summed E-state index contributed by atoms with van der Waals surface area (Å²) in [5.41, 5.74) is -0.106. The van der Waals surface area contributed by atoms with Gasteiger partial charge in [-0.05, 0) is 27.7 Å². The highest BCUT2D eigenvalue weighted by Crippen LogP contribution is 2.65. The first-order chi connectivity index (χ1) is 8.04. The van der Waals surface area contributed by atoms with Crippen molar-refractivity contribution in [3.63, 3.8) is 0 Å². The Kier molecular flexibility index (Phi) is 2.24. The van der Waals surface area contributed by atoms with Gasteiger partial charge in [-0.25, -0.2) is 0 Å². The van der Waals surface area contributed by atoms with Crippen LogP contribution in [0.2, 0.25) is 0 Å².